The molecule has 1 fully saturated rings. The van der Waals surface area contributed by atoms with E-state index >= 15 is 0 Å². The molecule has 0 unspecified atom stereocenters. The molecule has 1 N–H and O–H groups in total. The Balaban J connectivity index is 2.42. The van der Waals surface area contributed by atoms with Gasteiger partial charge < -0.3 is 5.32 Å². The summed E-state index contributed by atoms with van der Waals surface area (Å²) in [6, 6.07) is 5.53. The summed E-state index contributed by atoms with van der Waals surface area (Å²) in [6.45, 7) is 3.62. The van der Waals surface area contributed by atoms with Gasteiger partial charge in [0.05, 0.1) is 4.90 Å². The lowest BCUT2D eigenvalue weighted by Gasteiger charge is -2.22. The Bertz CT molecular complexity index is 666. The average molecular weight is 296 g/mol. The lowest BCUT2D eigenvalue weighted by molar-refractivity contribution is -0.130. The summed E-state index contributed by atoms with van der Waals surface area (Å²) in [7, 11) is -3.29. The topological polar surface area (TPSA) is 83.6 Å². The van der Waals surface area contributed by atoms with E-state index in [2.05, 4.69) is 5.32 Å². The molecule has 2 rings (SSSR count). The van der Waals surface area contributed by atoms with Gasteiger partial charge in [-0.2, -0.15) is 0 Å². The smallest absolute Gasteiger partial charge is 0.319 e. The molecular weight excluding hydrogens is 280 g/mol. The van der Waals surface area contributed by atoms with E-state index in [4.69, 9.17) is 0 Å². The maximum atomic E-state index is 12.3. The first-order chi connectivity index (χ1) is 9.20. The number of likely N-dealkylation sites (N-methyl/N-ethyl adjacent to an activating group) is 1. The van der Waals surface area contributed by atoms with Gasteiger partial charge >= 0.3 is 6.03 Å². The molecule has 6 nitrogen and oxygen atoms in total. The van der Waals surface area contributed by atoms with Gasteiger partial charge in [0.2, 0.25) is 0 Å². The minimum atomic E-state index is -3.29. The van der Waals surface area contributed by atoms with Crippen molar-refractivity contribution in [3.05, 3.63) is 29.8 Å². The highest BCUT2D eigenvalue weighted by Gasteiger charge is 2.48. The molecule has 7 heteroatoms. The van der Waals surface area contributed by atoms with E-state index in [1.54, 1.807) is 26.0 Å². The minimum absolute atomic E-state index is 0.175. The SMILES string of the molecule is CCN1C(=O)N[C@](C)(c2ccc(S(C)(=O)=O)cc2)C1=O. The average Bonchev–Trinajstić information content (AvgIpc) is 2.60. The van der Waals surface area contributed by atoms with Crippen LogP contribution in [-0.4, -0.2) is 38.1 Å². The standard InChI is InChI=1S/C13H16N2O4S/c1-4-15-11(16)13(2,14-12(15)17)9-5-7-10(8-6-9)20(3,18)19/h5-8H,4H2,1-3H3,(H,14,17)/t13-/m1/s1. The minimum Gasteiger partial charge on any atom is -0.319 e. The van der Waals surface area contributed by atoms with E-state index in [-0.39, 0.29) is 10.8 Å². The quantitative estimate of drug-likeness (QED) is 0.839. The Morgan fingerprint density at radius 3 is 2.15 bits per heavy atom. The van der Waals surface area contributed by atoms with Gasteiger partial charge in [-0.05, 0) is 31.5 Å². The largest absolute Gasteiger partial charge is 0.325 e. The number of nitrogens with zero attached hydrogens (tertiary/aromatic N) is 1. The van der Waals surface area contributed by atoms with Crippen LogP contribution in [0.25, 0.3) is 0 Å². The van der Waals surface area contributed by atoms with Crippen LogP contribution in [0.5, 0.6) is 0 Å². The van der Waals surface area contributed by atoms with Crippen LogP contribution in [0.2, 0.25) is 0 Å². The number of carbonyl (C=O) groups excluding carboxylic acids is 2. The highest BCUT2D eigenvalue weighted by Crippen LogP contribution is 2.29. The molecule has 1 heterocycles. The first kappa shape index (κ1) is 14.5. The third kappa shape index (κ3) is 2.18. The Hall–Kier alpha value is -1.89. The predicted octanol–water partition coefficient (Wildman–Crippen LogP) is 0.877. The van der Waals surface area contributed by atoms with Crippen LogP contribution in [0.4, 0.5) is 4.79 Å². The number of amides is 3. The van der Waals surface area contributed by atoms with Crippen molar-refractivity contribution in [2.24, 2.45) is 0 Å². The van der Waals surface area contributed by atoms with Gasteiger partial charge in [-0.15, -0.1) is 0 Å². The molecule has 1 aliphatic heterocycles. The Morgan fingerprint density at radius 1 is 1.20 bits per heavy atom. The monoisotopic (exact) mass is 296 g/mol. The normalized spacial score (nSPS) is 23.1. The third-order valence-corrected chi connectivity index (χ3v) is 4.58. The fourth-order valence-corrected chi connectivity index (χ4v) is 2.85. The Labute approximate surface area is 117 Å². The number of sulfone groups is 1. The number of rotatable bonds is 3. The fraction of sp³-hybridized carbons (Fsp3) is 0.385. The first-order valence-electron chi connectivity index (χ1n) is 6.15. The van der Waals surface area contributed by atoms with Gasteiger partial charge in [-0.3, -0.25) is 9.69 Å². The first-order valence-corrected chi connectivity index (χ1v) is 8.04. The second-order valence-electron chi connectivity index (χ2n) is 4.90. The molecule has 1 aromatic rings. The summed E-state index contributed by atoms with van der Waals surface area (Å²) in [5.41, 5.74) is -0.595. The summed E-state index contributed by atoms with van der Waals surface area (Å²) < 4.78 is 22.8. The van der Waals surface area contributed by atoms with E-state index in [0.717, 1.165) is 11.2 Å². The highest BCUT2D eigenvalue weighted by molar-refractivity contribution is 7.90. The van der Waals surface area contributed by atoms with Crippen LogP contribution in [-0.2, 0) is 20.2 Å². The molecule has 0 bridgehead atoms. The van der Waals surface area contributed by atoms with Gasteiger partial charge in [0.1, 0.15) is 5.54 Å². The number of urea groups is 1. The molecule has 0 aromatic heterocycles. The number of benzene rings is 1. The molecule has 108 valence electrons. The Kier molecular flexibility index (Phi) is 3.33. The zero-order valence-electron chi connectivity index (χ0n) is 11.5. The molecule has 1 atom stereocenters. The van der Waals surface area contributed by atoms with Crippen molar-refractivity contribution in [3.63, 3.8) is 0 Å². The van der Waals surface area contributed by atoms with Crippen LogP contribution >= 0.6 is 0 Å². The van der Waals surface area contributed by atoms with Crippen LogP contribution < -0.4 is 5.32 Å². The van der Waals surface area contributed by atoms with Crippen LogP contribution in [0, 0.1) is 0 Å². The summed E-state index contributed by atoms with van der Waals surface area (Å²) in [4.78, 5) is 25.3. The van der Waals surface area contributed by atoms with E-state index in [0.29, 0.717) is 12.1 Å². The molecular formula is C13H16N2O4S. The Morgan fingerprint density at radius 2 is 1.75 bits per heavy atom. The summed E-state index contributed by atoms with van der Waals surface area (Å²) in [5.74, 6) is -0.336. The molecule has 3 amide bonds. The van der Waals surface area contributed by atoms with Crippen LogP contribution in [0.1, 0.15) is 19.4 Å². The maximum Gasteiger partial charge on any atom is 0.325 e. The molecule has 0 radical (unpaired) electrons. The zero-order chi connectivity index (χ0) is 15.1. The van der Waals surface area contributed by atoms with Crippen molar-refractivity contribution in [1.82, 2.24) is 10.2 Å². The zero-order valence-corrected chi connectivity index (χ0v) is 12.3. The summed E-state index contributed by atoms with van der Waals surface area (Å²) in [6.07, 6.45) is 1.12. The maximum absolute atomic E-state index is 12.3. The summed E-state index contributed by atoms with van der Waals surface area (Å²) in [5, 5.41) is 2.64. The van der Waals surface area contributed by atoms with Crippen LogP contribution in [0.15, 0.2) is 29.2 Å². The number of hydrogen-bond acceptors (Lipinski definition) is 4. The molecule has 1 aliphatic rings. The number of carbonyl (C=O) groups is 2. The highest BCUT2D eigenvalue weighted by atomic mass is 32.2. The molecule has 1 saturated heterocycles. The van der Waals surface area contributed by atoms with Gasteiger partial charge in [0, 0.05) is 12.8 Å². The van der Waals surface area contributed by atoms with Gasteiger partial charge in [0.15, 0.2) is 9.84 Å². The lowest BCUT2D eigenvalue weighted by Crippen LogP contribution is -2.40. The second-order valence-corrected chi connectivity index (χ2v) is 6.92. The molecule has 20 heavy (non-hydrogen) atoms. The van der Waals surface area contributed by atoms with Gasteiger partial charge in [0.25, 0.3) is 5.91 Å². The molecule has 0 aliphatic carbocycles. The van der Waals surface area contributed by atoms with Crippen molar-refractivity contribution < 1.29 is 18.0 Å². The number of hydrogen-bond donors (Lipinski definition) is 1. The van der Waals surface area contributed by atoms with Crippen molar-refractivity contribution in [2.45, 2.75) is 24.3 Å². The lowest BCUT2D eigenvalue weighted by atomic mass is 9.92. The van der Waals surface area contributed by atoms with E-state index < -0.39 is 21.4 Å². The van der Waals surface area contributed by atoms with Gasteiger partial charge in [-0.1, -0.05) is 12.1 Å². The van der Waals surface area contributed by atoms with Gasteiger partial charge in [-0.25, -0.2) is 13.2 Å². The van der Waals surface area contributed by atoms with Crippen molar-refractivity contribution in [2.75, 3.05) is 12.8 Å². The number of nitrogens with one attached hydrogen (secondary N) is 1. The second kappa shape index (κ2) is 4.59. The summed E-state index contributed by atoms with van der Waals surface area (Å²) >= 11 is 0. The fourth-order valence-electron chi connectivity index (χ4n) is 2.22. The van der Waals surface area contributed by atoms with E-state index in [9.17, 15) is 18.0 Å². The van der Waals surface area contributed by atoms with E-state index in [1.807, 2.05) is 0 Å². The predicted molar refractivity (Wildman–Crippen MR) is 72.8 cm³/mol. The van der Waals surface area contributed by atoms with Crippen LogP contribution in [0.3, 0.4) is 0 Å². The van der Waals surface area contributed by atoms with E-state index in [1.165, 1.54) is 12.1 Å². The molecule has 0 saturated carbocycles. The molecule has 0 spiro atoms. The van der Waals surface area contributed by atoms with Crippen molar-refractivity contribution in [3.8, 4) is 0 Å². The number of imide groups is 1. The third-order valence-electron chi connectivity index (χ3n) is 3.45. The van der Waals surface area contributed by atoms with Crippen molar-refractivity contribution in [1.29, 1.82) is 0 Å². The van der Waals surface area contributed by atoms with Crippen molar-refractivity contribution >= 4 is 21.8 Å². The molecule has 1 aromatic carbocycles.